The number of carbonyl (C=O) groups is 1. The van der Waals surface area contributed by atoms with E-state index in [2.05, 4.69) is 9.97 Å². The Bertz CT molecular complexity index is 684. The SMILES string of the molecule is CCOC(=O)c1cnc2nc(C)ccc2c1N(CCO)CCO. The van der Waals surface area contributed by atoms with Gasteiger partial charge in [-0.15, -0.1) is 0 Å². The highest BCUT2D eigenvalue weighted by atomic mass is 16.5. The Morgan fingerprint density at radius 1 is 1.26 bits per heavy atom. The van der Waals surface area contributed by atoms with E-state index >= 15 is 0 Å². The third-order valence-corrected chi connectivity index (χ3v) is 3.39. The number of aryl methyl sites for hydroxylation is 1. The minimum atomic E-state index is -0.488. The number of aliphatic hydroxyl groups is 2. The molecule has 0 amide bonds. The lowest BCUT2D eigenvalue weighted by molar-refractivity contribution is 0.0526. The van der Waals surface area contributed by atoms with Crippen LogP contribution in [0.2, 0.25) is 0 Å². The lowest BCUT2D eigenvalue weighted by Gasteiger charge is -2.26. The largest absolute Gasteiger partial charge is 0.462 e. The lowest BCUT2D eigenvalue weighted by atomic mass is 10.1. The molecule has 0 bridgehead atoms. The van der Waals surface area contributed by atoms with Crippen LogP contribution in [-0.2, 0) is 4.74 Å². The molecule has 124 valence electrons. The van der Waals surface area contributed by atoms with Crippen LogP contribution in [-0.4, -0.2) is 59.1 Å². The molecule has 23 heavy (non-hydrogen) atoms. The fourth-order valence-corrected chi connectivity index (χ4v) is 2.43. The summed E-state index contributed by atoms with van der Waals surface area (Å²) in [5.41, 5.74) is 2.19. The normalized spacial score (nSPS) is 10.8. The maximum Gasteiger partial charge on any atom is 0.341 e. The zero-order chi connectivity index (χ0) is 16.8. The van der Waals surface area contributed by atoms with E-state index in [-0.39, 0.29) is 32.9 Å². The number of ether oxygens (including phenoxy) is 1. The molecular weight excluding hydrogens is 298 g/mol. The van der Waals surface area contributed by atoms with Gasteiger partial charge >= 0.3 is 5.97 Å². The van der Waals surface area contributed by atoms with Crippen molar-refractivity contribution in [2.24, 2.45) is 0 Å². The highest BCUT2D eigenvalue weighted by molar-refractivity contribution is 6.04. The van der Waals surface area contributed by atoms with Gasteiger partial charge in [-0.25, -0.2) is 14.8 Å². The van der Waals surface area contributed by atoms with Gasteiger partial charge in [-0.2, -0.15) is 0 Å². The summed E-state index contributed by atoms with van der Waals surface area (Å²) in [5, 5.41) is 19.3. The molecule has 0 aromatic carbocycles. The van der Waals surface area contributed by atoms with Crippen molar-refractivity contribution in [3.8, 4) is 0 Å². The van der Waals surface area contributed by atoms with E-state index < -0.39 is 5.97 Å². The first-order valence-electron chi connectivity index (χ1n) is 7.52. The van der Waals surface area contributed by atoms with Crippen LogP contribution < -0.4 is 4.90 Å². The number of nitrogens with zero attached hydrogens (tertiary/aromatic N) is 3. The molecule has 2 aromatic heterocycles. The Morgan fingerprint density at radius 2 is 1.96 bits per heavy atom. The number of aliphatic hydroxyl groups excluding tert-OH is 2. The molecule has 0 saturated heterocycles. The molecule has 0 radical (unpaired) electrons. The van der Waals surface area contributed by atoms with Crippen LogP contribution in [0.1, 0.15) is 23.0 Å². The van der Waals surface area contributed by atoms with Crippen LogP contribution in [0.25, 0.3) is 11.0 Å². The number of anilines is 1. The Kier molecular flexibility index (Phi) is 5.84. The van der Waals surface area contributed by atoms with E-state index in [1.807, 2.05) is 19.1 Å². The number of aromatic nitrogens is 2. The van der Waals surface area contributed by atoms with Crippen molar-refractivity contribution in [2.75, 3.05) is 37.8 Å². The molecule has 0 unspecified atom stereocenters. The molecular formula is C16H21N3O4. The fraction of sp³-hybridized carbons (Fsp3) is 0.438. The van der Waals surface area contributed by atoms with Crippen molar-refractivity contribution in [1.29, 1.82) is 0 Å². The molecule has 7 heteroatoms. The van der Waals surface area contributed by atoms with Crippen LogP contribution in [0.3, 0.4) is 0 Å². The van der Waals surface area contributed by atoms with Gasteiger partial charge in [-0.3, -0.25) is 0 Å². The number of carbonyl (C=O) groups excluding carboxylic acids is 1. The molecule has 0 aliphatic rings. The average molecular weight is 319 g/mol. The minimum Gasteiger partial charge on any atom is -0.462 e. The van der Waals surface area contributed by atoms with Crippen molar-refractivity contribution in [3.05, 3.63) is 29.6 Å². The van der Waals surface area contributed by atoms with E-state index in [9.17, 15) is 15.0 Å². The summed E-state index contributed by atoms with van der Waals surface area (Å²) in [6, 6.07) is 3.67. The summed E-state index contributed by atoms with van der Waals surface area (Å²) in [5.74, 6) is -0.488. The molecule has 2 N–H and O–H groups in total. The minimum absolute atomic E-state index is 0.106. The number of pyridine rings is 2. The molecule has 0 saturated carbocycles. The summed E-state index contributed by atoms with van der Waals surface area (Å²) in [7, 11) is 0. The summed E-state index contributed by atoms with van der Waals surface area (Å²) in [6.07, 6.45) is 1.43. The Balaban J connectivity index is 2.66. The number of rotatable bonds is 7. The van der Waals surface area contributed by atoms with E-state index in [4.69, 9.17) is 4.74 Å². The first-order valence-corrected chi connectivity index (χ1v) is 7.52. The van der Waals surface area contributed by atoms with Gasteiger partial charge in [-0.05, 0) is 26.0 Å². The van der Waals surface area contributed by atoms with E-state index in [0.717, 1.165) is 5.69 Å². The number of esters is 1. The second kappa shape index (κ2) is 7.85. The first kappa shape index (κ1) is 17.1. The number of hydrogen-bond donors (Lipinski definition) is 2. The Labute approximate surface area is 134 Å². The zero-order valence-electron chi connectivity index (χ0n) is 13.3. The maximum absolute atomic E-state index is 12.3. The topological polar surface area (TPSA) is 95.8 Å². The third-order valence-electron chi connectivity index (χ3n) is 3.39. The van der Waals surface area contributed by atoms with Crippen molar-refractivity contribution in [1.82, 2.24) is 9.97 Å². The van der Waals surface area contributed by atoms with Gasteiger partial charge in [0.05, 0.1) is 25.5 Å². The molecule has 7 nitrogen and oxygen atoms in total. The van der Waals surface area contributed by atoms with Gasteiger partial charge in [0.15, 0.2) is 5.65 Å². The fourth-order valence-electron chi connectivity index (χ4n) is 2.43. The summed E-state index contributed by atoms with van der Waals surface area (Å²) >= 11 is 0. The quantitative estimate of drug-likeness (QED) is 0.732. The average Bonchev–Trinajstić information content (AvgIpc) is 2.53. The van der Waals surface area contributed by atoms with Gasteiger partial charge in [0.1, 0.15) is 5.56 Å². The number of fused-ring (bicyclic) bond motifs is 1. The van der Waals surface area contributed by atoms with Crippen LogP contribution >= 0.6 is 0 Å². The molecule has 0 aliphatic heterocycles. The van der Waals surface area contributed by atoms with E-state index in [1.54, 1.807) is 11.8 Å². The van der Waals surface area contributed by atoms with Gasteiger partial charge in [0.25, 0.3) is 0 Å². The second-order valence-corrected chi connectivity index (χ2v) is 5.00. The van der Waals surface area contributed by atoms with Crippen LogP contribution in [0.4, 0.5) is 5.69 Å². The highest BCUT2D eigenvalue weighted by Crippen LogP contribution is 2.29. The molecule has 2 aromatic rings. The Morgan fingerprint density at radius 3 is 2.57 bits per heavy atom. The molecule has 0 fully saturated rings. The van der Waals surface area contributed by atoms with Gasteiger partial charge < -0.3 is 19.8 Å². The van der Waals surface area contributed by atoms with Gasteiger partial charge in [0, 0.05) is 30.4 Å². The van der Waals surface area contributed by atoms with E-state index in [0.29, 0.717) is 22.3 Å². The Hall–Kier alpha value is -2.25. The van der Waals surface area contributed by atoms with E-state index in [1.165, 1.54) is 6.20 Å². The molecule has 0 atom stereocenters. The monoisotopic (exact) mass is 319 g/mol. The van der Waals surface area contributed by atoms with Crippen molar-refractivity contribution in [3.63, 3.8) is 0 Å². The lowest BCUT2D eigenvalue weighted by Crippen LogP contribution is -2.31. The standard InChI is InChI=1S/C16H21N3O4/c1-3-23-16(22)13-10-17-15-12(5-4-11(2)18-15)14(13)19(6-8-20)7-9-21/h4-5,10,20-21H,3,6-9H2,1-2H3. The smallest absolute Gasteiger partial charge is 0.341 e. The summed E-state index contributed by atoms with van der Waals surface area (Å²) < 4.78 is 5.10. The van der Waals surface area contributed by atoms with Crippen LogP contribution in [0.15, 0.2) is 18.3 Å². The molecule has 2 heterocycles. The maximum atomic E-state index is 12.3. The van der Waals surface area contributed by atoms with Gasteiger partial charge in [0.2, 0.25) is 0 Å². The van der Waals surface area contributed by atoms with Crippen molar-refractivity contribution < 1.29 is 19.7 Å². The second-order valence-electron chi connectivity index (χ2n) is 5.00. The third kappa shape index (κ3) is 3.75. The summed E-state index contributed by atoms with van der Waals surface area (Å²) in [6.45, 7) is 4.19. The van der Waals surface area contributed by atoms with Crippen LogP contribution in [0, 0.1) is 6.92 Å². The zero-order valence-corrected chi connectivity index (χ0v) is 13.3. The van der Waals surface area contributed by atoms with Crippen molar-refractivity contribution in [2.45, 2.75) is 13.8 Å². The molecule has 0 spiro atoms. The summed E-state index contributed by atoms with van der Waals surface area (Å²) in [4.78, 5) is 22.6. The molecule has 2 rings (SSSR count). The molecule has 0 aliphatic carbocycles. The number of hydrogen-bond acceptors (Lipinski definition) is 7. The van der Waals surface area contributed by atoms with Gasteiger partial charge in [-0.1, -0.05) is 0 Å². The first-order chi connectivity index (χ1) is 11.1. The van der Waals surface area contributed by atoms with Crippen molar-refractivity contribution >= 4 is 22.7 Å². The predicted octanol–water partition coefficient (Wildman–Crippen LogP) is 0.906. The predicted molar refractivity (Wildman–Crippen MR) is 86.6 cm³/mol. The highest BCUT2D eigenvalue weighted by Gasteiger charge is 2.21. The van der Waals surface area contributed by atoms with Crippen LogP contribution in [0.5, 0.6) is 0 Å².